The van der Waals surface area contributed by atoms with E-state index >= 15 is 0 Å². The number of carbonyl (C=O) groups excluding carboxylic acids is 1. The van der Waals surface area contributed by atoms with Gasteiger partial charge in [0.25, 0.3) is 5.91 Å². The second kappa shape index (κ2) is 3.71. The Bertz CT molecular complexity index is 486. The molecule has 0 atom stereocenters. The Kier molecular flexibility index (Phi) is 2.38. The molecule has 0 aromatic carbocycles. The van der Waals surface area contributed by atoms with Crippen molar-refractivity contribution in [2.45, 2.75) is 31.8 Å². The van der Waals surface area contributed by atoms with Crippen molar-refractivity contribution in [2.75, 3.05) is 18.8 Å². The Morgan fingerprint density at radius 3 is 2.78 bits per heavy atom. The summed E-state index contributed by atoms with van der Waals surface area (Å²) in [5.74, 6) is 0.193. The van der Waals surface area contributed by atoms with Crippen LogP contribution in [-0.4, -0.2) is 44.8 Å². The highest BCUT2D eigenvalue weighted by molar-refractivity contribution is 5.98. The van der Waals surface area contributed by atoms with Gasteiger partial charge in [0.2, 0.25) is 0 Å². The molecular weight excluding hydrogens is 232 g/mol. The number of nitrogens with two attached hydrogens (primary N) is 1. The minimum atomic E-state index is -0.658. The lowest BCUT2D eigenvalue weighted by Gasteiger charge is -2.46. The van der Waals surface area contributed by atoms with Gasteiger partial charge in [-0.25, -0.2) is 0 Å². The van der Waals surface area contributed by atoms with E-state index in [1.54, 1.807) is 4.90 Å². The summed E-state index contributed by atoms with van der Waals surface area (Å²) < 4.78 is 0. The number of hydrogen-bond donors (Lipinski definition) is 3. The van der Waals surface area contributed by atoms with Crippen molar-refractivity contribution >= 4 is 11.6 Å². The SMILES string of the molecule is CCc1[nH]nc(C(=O)N2CC(O)(C3CC3)C2)c1N. The third kappa shape index (κ3) is 1.59. The van der Waals surface area contributed by atoms with Gasteiger partial charge in [-0.3, -0.25) is 9.89 Å². The maximum atomic E-state index is 12.2. The molecule has 98 valence electrons. The van der Waals surface area contributed by atoms with Crippen molar-refractivity contribution in [1.82, 2.24) is 15.1 Å². The van der Waals surface area contributed by atoms with E-state index in [0.29, 0.717) is 24.7 Å². The molecule has 1 saturated carbocycles. The lowest BCUT2D eigenvalue weighted by atomic mass is 9.88. The van der Waals surface area contributed by atoms with Crippen LogP contribution in [0.5, 0.6) is 0 Å². The van der Waals surface area contributed by atoms with Crippen LogP contribution in [-0.2, 0) is 6.42 Å². The molecule has 6 nitrogen and oxygen atoms in total. The number of amides is 1. The van der Waals surface area contributed by atoms with Gasteiger partial charge in [-0.05, 0) is 25.2 Å². The van der Waals surface area contributed by atoms with Crippen LogP contribution in [0.4, 0.5) is 5.69 Å². The monoisotopic (exact) mass is 250 g/mol. The van der Waals surface area contributed by atoms with Crippen molar-refractivity contribution < 1.29 is 9.90 Å². The number of aryl methyl sites for hydroxylation is 1. The van der Waals surface area contributed by atoms with Crippen LogP contribution < -0.4 is 5.73 Å². The zero-order chi connectivity index (χ0) is 12.9. The Balaban J connectivity index is 1.70. The van der Waals surface area contributed by atoms with Gasteiger partial charge >= 0.3 is 0 Å². The van der Waals surface area contributed by atoms with E-state index in [1.807, 2.05) is 6.92 Å². The average Bonchev–Trinajstić information content (AvgIpc) is 3.09. The van der Waals surface area contributed by atoms with E-state index in [4.69, 9.17) is 5.73 Å². The topological polar surface area (TPSA) is 95.2 Å². The maximum absolute atomic E-state index is 12.2. The van der Waals surface area contributed by atoms with E-state index in [2.05, 4.69) is 10.2 Å². The fourth-order valence-corrected chi connectivity index (χ4v) is 2.61. The number of aliphatic hydroxyl groups is 1. The Labute approximate surface area is 105 Å². The standard InChI is InChI=1S/C12H18N4O2/c1-2-8-9(13)10(15-14-8)11(17)16-5-12(18,6-16)7-3-4-7/h7,18H,2-6,13H2,1H3,(H,14,15). The van der Waals surface area contributed by atoms with Gasteiger partial charge in [-0.1, -0.05) is 6.92 Å². The molecular formula is C12H18N4O2. The Morgan fingerprint density at radius 2 is 2.28 bits per heavy atom. The molecule has 4 N–H and O–H groups in total. The maximum Gasteiger partial charge on any atom is 0.276 e. The summed E-state index contributed by atoms with van der Waals surface area (Å²) in [5.41, 5.74) is 6.71. The first-order valence-electron chi connectivity index (χ1n) is 6.39. The summed E-state index contributed by atoms with van der Waals surface area (Å²) >= 11 is 0. The van der Waals surface area contributed by atoms with Crippen LogP contribution >= 0.6 is 0 Å². The first kappa shape index (κ1) is 11.5. The molecule has 0 radical (unpaired) electrons. The predicted molar refractivity (Wildman–Crippen MR) is 66.0 cm³/mol. The van der Waals surface area contributed by atoms with Gasteiger partial charge in [0.1, 0.15) is 5.60 Å². The van der Waals surface area contributed by atoms with E-state index in [1.165, 1.54) is 0 Å². The zero-order valence-corrected chi connectivity index (χ0v) is 10.4. The van der Waals surface area contributed by atoms with Crippen molar-refractivity contribution in [3.63, 3.8) is 0 Å². The van der Waals surface area contributed by atoms with Crippen LogP contribution in [0.2, 0.25) is 0 Å². The van der Waals surface area contributed by atoms with Gasteiger partial charge in [-0.2, -0.15) is 5.10 Å². The van der Waals surface area contributed by atoms with Crippen LogP contribution in [0.15, 0.2) is 0 Å². The fraction of sp³-hybridized carbons (Fsp3) is 0.667. The van der Waals surface area contributed by atoms with Gasteiger partial charge in [-0.15, -0.1) is 0 Å². The summed E-state index contributed by atoms with van der Waals surface area (Å²) in [4.78, 5) is 13.8. The molecule has 2 aliphatic rings. The molecule has 0 bridgehead atoms. The smallest absolute Gasteiger partial charge is 0.276 e. The Morgan fingerprint density at radius 1 is 1.61 bits per heavy atom. The summed E-state index contributed by atoms with van der Waals surface area (Å²) in [5, 5.41) is 16.9. The van der Waals surface area contributed by atoms with Crippen molar-refractivity contribution in [1.29, 1.82) is 0 Å². The highest BCUT2D eigenvalue weighted by Crippen LogP contribution is 2.44. The molecule has 6 heteroatoms. The second-order valence-corrected chi connectivity index (χ2v) is 5.36. The molecule has 18 heavy (non-hydrogen) atoms. The summed E-state index contributed by atoms with van der Waals surface area (Å²) in [6.45, 7) is 2.77. The molecule has 1 amide bonds. The highest BCUT2D eigenvalue weighted by Gasteiger charge is 2.53. The minimum absolute atomic E-state index is 0.186. The average molecular weight is 250 g/mol. The molecule has 0 spiro atoms. The number of aromatic amines is 1. The predicted octanol–water partition coefficient (Wildman–Crippen LogP) is 0.151. The number of anilines is 1. The lowest BCUT2D eigenvalue weighted by molar-refractivity contribution is -0.0959. The summed E-state index contributed by atoms with van der Waals surface area (Å²) in [7, 11) is 0. The second-order valence-electron chi connectivity index (χ2n) is 5.36. The molecule has 3 rings (SSSR count). The number of carbonyl (C=O) groups is 1. The van der Waals surface area contributed by atoms with Gasteiger partial charge in [0, 0.05) is 0 Å². The first-order chi connectivity index (χ1) is 8.55. The molecule has 1 aliphatic heterocycles. The van der Waals surface area contributed by atoms with Crippen LogP contribution in [0.3, 0.4) is 0 Å². The normalized spacial score (nSPS) is 21.8. The van der Waals surface area contributed by atoms with Gasteiger partial charge < -0.3 is 15.7 Å². The van der Waals surface area contributed by atoms with Crippen LogP contribution in [0.1, 0.15) is 35.9 Å². The van der Waals surface area contributed by atoms with E-state index in [-0.39, 0.29) is 11.6 Å². The number of nitrogen functional groups attached to an aromatic ring is 1. The molecule has 0 unspecified atom stereocenters. The number of nitrogens with one attached hydrogen (secondary N) is 1. The van der Waals surface area contributed by atoms with E-state index in [9.17, 15) is 9.90 Å². The molecule has 2 fully saturated rings. The molecule has 1 aromatic rings. The number of β-amino-alcohol motifs (C(OH)–C–C–N with tert-alkyl or cyclic N) is 1. The third-order valence-electron chi connectivity index (χ3n) is 3.99. The van der Waals surface area contributed by atoms with Crippen molar-refractivity contribution in [3.05, 3.63) is 11.4 Å². The van der Waals surface area contributed by atoms with Crippen LogP contribution in [0, 0.1) is 5.92 Å². The molecule has 1 aliphatic carbocycles. The quantitative estimate of drug-likeness (QED) is 0.711. The number of H-pyrrole nitrogens is 1. The number of rotatable bonds is 3. The minimum Gasteiger partial charge on any atom is -0.395 e. The van der Waals surface area contributed by atoms with Gasteiger partial charge in [0.15, 0.2) is 5.69 Å². The number of nitrogens with zero attached hydrogens (tertiary/aromatic N) is 2. The fourth-order valence-electron chi connectivity index (χ4n) is 2.61. The van der Waals surface area contributed by atoms with E-state index in [0.717, 1.165) is 25.0 Å². The molecule has 1 aromatic heterocycles. The summed E-state index contributed by atoms with van der Waals surface area (Å²) in [6.07, 6.45) is 2.87. The molecule has 2 heterocycles. The van der Waals surface area contributed by atoms with E-state index < -0.39 is 5.60 Å². The Hall–Kier alpha value is -1.56. The molecule has 1 saturated heterocycles. The zero-order valence-electron chi connectivity index (χ0n) is 10.4. The van der Waals surface area contributed by atoms with Crippen molar-refractivity contribution in [2.24, 2.45) is 5.92 Å². The third-order valence-corrected chi connectivity index (χ3v) is 3.99. The lowest BCUT2D eigenvalue weighted by Crippen LogP contribution is -2.64. The van der Waals surface area contributed by atoms with Crippen molar-refractivity contribution in [3.8, 4) is 0 Å². The van der Waals surface area contributed by atoms with Crippen LogP contribution in [0.25, 0.3) is 0 Å². The van der Waals surface area contributed by atoms with Gasteiger partial charge in [0.05, 0.1) is 24.5 Å². The number of likely N-dealkylation sites (tertiary alicyclic amines) is 1. The number of hydrogen-bond acceptors (Lipinski definition) is 4. The number of aromatic nitrogens is 2. The largest absolute Gasteiger partial charge is 0.395 e. The highest BCUT2D eigenvalue weighted by atomic mass is 16.3. The summed E-state index contributed by atoms with van der Waals surface area (Å²) in [6, 6.07) is 0. The first-order valence-corrected chi connectivity index (χ1v) is 6.39.